The Balaban J connectivity index is 2.81. The minimum atomic E-state index is -0.720. The van der Waals surface area contributed by atoms with Gasteiger partial charge in [-0.3, -0.25) is 0 Å². The fourth-order valence-corrected chi connectivity index (χ4v) is 1.30. The van der Waals surface area contributed by atoms with E-state index in [9.17, 15) is 4.55 Å². The summed E-state index contributed by atoms with van der Waals surface area (Å²) in [6.07, 6.45) is 3.40. The molecule has 0 aromatic carbocycles. The summed E-state index contributed by atoms with van der Waals surface area (Å²) in [5.41, 5.74) is 0. The predicted octanol–water partition coefficient (Wildman–Crippen LogP) is 1.20. The van der Waals surface area contributed by atoms with E-state index in [1.165, 1.54) is 10.8 Å². The first-order valence-electron chi connectivity index (χ1n) is 1.85. The van der Waals surface area contributed by atoms with Crippen molar-refractivity contribution in [2.75, 3.05) is 12.0 Å². The second kappa shape index (κ2) is 4.56. The van der Waals surface area contributed by atoms with Crippen LogP contribution in [0.25, 0.3) is 0 Å². The van der Waals surface area contributed by atoms with Crippen LogP contribution in [-0.4, -0.2) is 16.6 Å². The maximum atomic E-state index is 10.2. The second-order valence-electron chi connectivity index (χ2n) is 0.975. The summed E-state index contributed by atoms with van der Waals surface area (Å²) >= 11 is 0. The zero-order valence-electron chi connectivity index (χ0n) is 4.22. The molecule has 0 spiro atoms. The van der Waals surface area contributed by atoms with Gasteiger partial charge in [-0.15, -0.1) is 6.58 Å². The third-order valence-corrected chi connectivity index (χ3v) is 2.46. The third-order valence-electron chi connectivity index (χ3n) is 0.352. The molecule has 0 fully saturated rings. The zero-order chi connectivity index (χ0) is 5.70. The monoisotopic (exact) mass is 136 g/mol. The Bertz CT molecular complexity index is 53.7. The van der Waals surface area contributed by atoms with E-state index in [1.54, 1.807) is 12.3 Å². The SMILES string of the molecule is C=CCS[S+](C)[O-]. The van der Waals surface area contributed by atoms with Crippen LogP contribution in [0.3, 0.4) is 0 Å². The minimum absolute atomic E-state index is 0.720. The molecule has 0 aliphatic rings. The van der Waals surface area contributed by atoms with E-state index in [0.717, 1.165) is 5.75 Å². The molecule has 42 valence electrons. The van der Waals surface area contributed by atoms with E-state index in [0.29, 0.717) is 0 Å². The van der Waals surface area contributed by atoms with Crippen LogP contribution in [0.5, 0.6) is 0 Å². The molecule has 1 nitrogen and oxygen atoms in total. The fourth-order valence-electron chi connectivity index (χ4n) is 0.144. The highest BCUT2D eigenvalue weighted by molar-refractivity contribution is 8.71. The van der Waals surface area contributed by atoms with Crippen molar-refractivity contribution in [3.63, 3.8) is 0 Å². The van der Waals surface area contributed by atoms with Gasteiger partial charge in [-0.05, 0) is 0 Å². The van der Waals surface area contributed by atoms with Crippen molar-refractivity contribution in [1.82, 2.24) is 0 Å². The average Bonchev–Trinajstić information content (AvgIpc) is 1.61. The first-order valence-corrected chi connectivity index (χ1v) is 4.91. The summed E-state index contributed by atoms with van der Waals surface area (Å²) < 4.78 is 10.2. The van der Waals surface area contributed by atoms with E-state index >= 15 is 0 Å². The van der Waals surface area contributed by atoms with Crippen molar-refractivity contribution in [2.45, 2.75) is 0 Å². The number of hydrogen-bond acceptors (Lipinski definition) is 2. The number of hydrogen-bond donors (Lipinski definition) is 0. The molecular formula is C4H8OS2. The van der Waals surface area contributed by atoms with Gasteiger partial charge >= 0.3 is 0 Å². The van der Waals surface area contributed by atoms with E-state index in [1.807, 2.05) is 0 Å². The highest BCUT2D eigenvalue weighted by Crippen LogP contribution is 2.07. The van der Waals surface area contributed by atoms with Gasteiger partial charge in [0.05, 0.1) is 16.5 Å². The van der Waals surface area contributed by atoms with Gasteiger partial charge in [0.15, 0.2) is 0 Å². The summed E-state index contributed by atoms with van der Waals surface area (Å²) in [4.78, 5) is 0. The maximum absolute atomic E-state index is 10.2. The normalized spacial score (nSPS) is 13.4. The fraction of sp³-hybridized carbons (Fsp3) is 0.500. The summed E-state index contributed by atoms with van der Waals surface area (Å²) in [6.45, 7) is 3.48. The molecule has 3 heteroatoms. The topological polar surface area (TPSA) is 23.1 Å². The maximum Gasteiger partial charge on any atom is 0.107 e. The highest BCUT2D eigenvalue weighted by atomic mass is 33.1. The van der Waals surface area contributed by atoms with Crippen molar-refractivity contribution in [3.8, 4) is 0 Å². The molecule has 0 rings (SSSR count). The average molecular weight is 136 g/mol. The first kappa shape index (κ1) is 7.40. The molecule has 0 radical (unpaired) electrons. The lowest BCUT2D eigenvalue weighted by molar-refractivity contribution is 0.614. The van der Waals surface area contributed by atoms with Crippen LogP contribution < -0.4 is 0 Å². The lowest BCUT2D eigenvalue weighted by atomic mass is 10.8. The predicted molar refractivity (Wildman–Crippen MR) is 36.7 cm³/mol. The molecule has 0 aromatic heterocycles. The minimum Gasteiger partial charge on any atom is -0.605 e. The largest absolute Gasteiger partial charge is 0.605 e. The van der Waals surface area contributed by atoms with E-state index in [-0.39, 0.29) is 0 Å². The van der Waals surface area contributed by atoms with Crippen LogP contribution in [0, 0.1) is 0 Å². The van der Waals surface area contributed by atoms with Crippen molar-refractivity contribution in [1.29, 1.82) is 0 Å². The summed E-state index contributed by atoms with van der Waals surface area (Å²) in [7, 11) is 0.665. The molecule has 0 saturated heterocycles. The Morgan fingerprint density at radius 3 is 2.71 bits per heavy atom. The lowest BCUT2D eigenvalue weighted by Crippen LogP contribution is -1.87. The van der Waals surface area contributed by atoms with Gasteiger partial charge in [0, 0.05) is 10.2 Å². The van der Waals surface area contributed by atoms with Crippen LogP contribution in [0.2, 0.25) is 0 Å². The summed E-state index contributed by atoms with van der Waals surface area (Å²) in [5, 5.41) is 0. The van der Waals surface area contributed by atoms with Crippen molar-refractivity contribution in [2.24, 2.45) is 0 Å². The van der Waals surface area contributed by atoms with Crippen LogP contribution in [0.1, 0.15) is 0 Å². The Morgan fingerprint density at radius 1 is 2.00 bits per heavy atom. The molecule has 1 unspecified atom stereocenters. The Hall–Kier alpha value is 0.400. The van der Waals surface area contributed by atoms with Gasteiger partial charge in [0.25, 0.3) is 0 Å². The first-order chi connectivity index (χ1) is 3.27. The Labute approximate surface area is 50.8 Å². The summed E-state index contributed by atoms with van der Waals surface area (Å²) in [6, 6.07) is 0. The van der Waals surface area contributed by atoms with Gasteiger partial charge in [0.2, 0.25) is 0 Å². The quantitative estimate of drug-likeness (QED) is 0.330. The van der Waals surface area contributed by atoms with E-state index in [4.69, 9.17) is 0 Å². The second-order valence-corrected chi connectivity index (χ2v) is 4.46. The molecule has 0 amide bonds. The number of rotatable bonds is 3. The zero-order valence-corrected chi connectivity index (χ0v) is 5.85. The molecule has 0 N–H and O–H groups in total. The Kier molecular flexibility index (Phi) is 4.82. The van der Waals surface area contributed by atoms with E-state index < -0.39 is 10.2 Å². The molecule has 0 saturated carbocycles. The van der Waals surface area contributed by atoms with Crippen LogP contribution in [0.4, 0.5) is 0 Å². The third kappa shape index (κ3) is 6.40. The smallest absolute Gasteiger partial charge is 0.107 e. The standard InChI is InChI=1S/C4H8OS2/c1-3-4-6-7(2)5/h3H,1,4H2,2H3. The molecule has 0 bridgehead atoms. The van der Waals surface area contributed by atoms with Gasteiger partial charge in [-0.1, -0.05) is 6.08 Å². The molecule has 1 atom stereocenters. The molecule has 0 heterocycles. The van der Waals surface area contributed by atoms with Crippen molar-refractivity contribution >= 4 is 21.0 Å². The summed E-state index contributed by atoms with van der Waals surface area (Å²) in [5.74, 6) is 0.781. The van der Waals surface area contributed by atoms with Gasteiger partial charge in [-0.2, -0.15) is 0 Å². The molecule has 0 aromatic rings. The van der Waals surface area contributed by atoms with Crippen LogP contribution >= 0.6 is 10.8 Å². The van der Waals surface area contributed by atoms with Crippen molar-refractivity contribution in [3.05, 3.63) is 12.7 Å². The van der Waals surface area contributed by atoms with E-state index in [2.05, 4.69) is 6.58 Å². The van der Waals surface area contributed by atoms with Crippen LogP contribution in [0.15, 0.2) is 12.7 Å². The lowest BCUT2D eigenvalue weighted by Gasteiger charge is -1.96. The molecule has 0 aliphatic heterocycles. The highest BCUT2D eigenvalue weighted by Gasteiger charge is 1.92. The molecule has 0 aliphatic carbocycles. The van der Waals surface area contributed by atoms with Crippen molar-refractivity contribution < 1.29 is 4.55 Å². The van der Waals surface area contributed by atoms with Crippen LogP contribution in [-0.2, 0) is 10.2 Å². The Morgan fingerprint density at radius 2 is 2.57 bits per heavy atom. The van der Waals surface area contributed by atoms with Gasteiger partial charge < -0.3 is 4.55 Å². The van der Waals surface area contributed by atoms with Gasteiger partial charge in [-0.25, -0.2) is 0 Å². The van der Waals surface area contributed by atoms with Gasteiger partial charge in [0.1, 0.15) is 6.26 Å². The molecular weight excluding hydrogens is 128 g/mol. The molecule has 7 heavy (non-hydrogen) atoms.